The number of ether oxygens (including phenoxy) is 3. The quantitative estimate of drug-likeness (QED) is 0.199. The zero-order valence-corrected chi connectivity index (χ0v) is 20.5. The molecule has 1 N–H and O–H groups in total. The molecule has 1 aromatic rings. The predicted octanol–water partition coefficient (Wildman–Crippen LogP) is 3.41. The molecule has 6 nitrogen and oxygen atoms in total. The van der Waals surface area contributed by atoms with E-state index in [1.54, 1.807) is 7.11 Å². The molecule has 2 unspecified atom stereocenters. The van der Waals surface area contributed by atoms with E-state index < -0.39 is 0 Å². The van der Waals surface area contributed by atoms with Gasteiger partial charge in [0.15, 0.2) is 5.96 Å². The number of likely N-dealkylation sites (tertiary alicyclic amines) is 1. The number of methoxy groups -OCH3 is 1. The number of benzene rings is 1. The summed E-state index contributed by atoms with van der Waals surface area (Å²) in [5, 5.41) is 3.43. The smallest absolute Gasteiger partial charge is 0.193 e. The first kappa shape index (κ1) is 26.1. The number of nitrogens with zero attached hydrogens (tertiary/aromatic N) is 2. The van der Waals surface area contributed by atoms with Gasteiger partial charge in [0.25, 0.3) is 0 Å². The molecule has 1 aromatic carbocycles. The number of hydrogen-bond donors (Lipinski definition) is 1. The maximum absolute atomic E-state index is 5.85. The molecule has 166 valence electrons. The maximum atomic E-state index is 5.85. The van der Waals surface area contributed by atoms with E-state index in [0.717, 1.165) is 45.2 Å². The van der Waals surface area contributed by atoms with Crippen molar-refractivity contribution < 1.29 is 14.2 Å². The molecule has 7 heteroatoms. The number of guanidine groups is 1. The summed E-state index contributed by atoms with van der Waals surface area (Å²) in [5.41, 5.74) is 1.21. The Labute approximate surface area is 193 Å². The third-order valence-electron chi connectivity index (χ3n) is 4.77. The predicted molar refractivity (Wildman–Crippen MR) is 129 cm³/mol. The van der Waals surface area contributed by atoms with Gasteiger partial charge in [-0.25, -0.2) is 0 Å². The SMILES string of the molecule is CCNC(=NCC(C)COCc1ccccc1)N1CCC(COCCOC)C1.I. The third-order valence-corrected chi connectivity index (χ3v) is 4.77. The lowest BCUT2D eigenvalue weighted by molar-refractivity contribution is 0.0536. The Balaban J connectivity index is 0.00000420. The molecule has 0 spiro atoms. The van der Waals surface area contributed by atoms with E-state index in [1.807, 2.05) is 18.2 Å². The van der Waals surface area contributed by atoms with Crippen molar-refractivity contribution in [2.75, 3.05) is 59.7 Å². The topological polar surface area (TPSA) is 55.3 Å². The first-order valence-corrected chi connectivity index (χ1v) is 10.4. The van der Waals surface area contributed by atoms with Crippen molar-refractivity contribution in [3.05, 3.63) is 35.9 Å². The Morgan fingerprint density at radius 3 is 2.76 bits per heavy atom. The Morgan fingerprint density at radius 1 is 1.24 bits per heavy atom. The highest BCUT2D eigenvalue weighted by Crippen LogP contribution is 2.17. The average Bonchev–Trinajstić information content (AvgIpc) is 3.18. The highest BCUT2D eigenvalue weighted by molar-refractivity contribution is 14.0. The van der Waals surface area contributed by atoms with Crippen LogP contribution in [-0.2, 0) is 20.8 Å². The summed E-state index contributed by atoms with van der Waals surface area (Å²) in [6.07, 6.45) is 1.15. The van der Waals surface area contributed by atoms with Crippen LogP contribution in [-0.4, -0.2) is 70.6 Å². The van der Waals surface area contributed by atoms with Gasteiger partial charge in [0.2, 0.25) is 0 Å². The molecule has 1 fully saturated rings. The molecule has 0 radical (unpaired) electrons. The van der Waals surface area contributed by atoms with Crippen LogP contribution in [0.4, 0.5) is 0 Å². The summed E-state index contributed by atoms with van der Waals surface area (Å²) in [6.45, 7) is 11.5. The van der Waals surface area contributed by atoms with Gasteiger partial charge in [-0.05, 0) is 24.8 Å². The van der Waals surface area contributed by atoms with Gasteiger partial charge in [-0.2, -0.15) is 0 Å². The van der Waals surface area contributed by atoms with Crippen LogP contribution in [0.3, 0.4) is 0 Å². The summed E-state index contributed by atoms with van der Waals surface area (Å²) in [7, 11) is 1.70. The number of halogens is 1. The highest BCUT2D eigenvalue weighted by Gasteiger charge is 2.25. The van der Waals surface area contributed by atoms with Crippen molar-refractivity contribution >= 4 is 29.9 Å². The van der Waals surface area contributed by atoms with Crippen LogP contribution in [0.2, 0.25) is 0 Å². The largest absolute Gasteiger partial charge is 0.382 e. The zero-order chi connectivity index (χ0) is 20.0. The molecule has 0 saturated carbocycles. The number of nitrogens with one attached hydrogen (secondary N) is 1. The van der Waals surface area contributed by atoms with E-state index >= 15 is 0 Å². The molecule has 1 aliphatic heterocycles. The standard InChI is InChI=1S/C22H37N3O3.HI/c1-4-23-22(25-11-10-21(15-25)18-27-13-12-26-3)24-14-19(2)16-28-17-20-8-6-5-7-9-20;/h5-9,19,21H,4,10-18H2,1-3H3,(H,23,24);1H. The summed E-state index contributed by atoms with van der Waals surface area (Å²) in [4.78, 5) is 7.21. The van der Waals surface area contributed by atoms with Crippen molar-refractivity contribution in [2.24, 2.45) is 16.8 Å². The maximum Gasteiger partial charge on any atom is 0.193 e. The molecule has 1 heterocycles. The fourth-order valence-electron chi connectivity index (χ4n) is 3.23. The summed E-state index contributed by atoms with van der Waals surface area (Å²) in [6, 6.07) is 10.3. The van der Waals surface area contributed by atoms with E-state index in [1.165, 1.54) is 5.56 Å². The lowest BCUT2D eigenvalue weighted by Crippen LogP contribution is -2.40. The minimum atomic E-state index is 0. The molecule has 1 saturated heterocycles. The minimum Gasteiger partial charge on any atom is -0.382 e. The van der Waals surface area contributed by atoms with Crippen molar-refractivity contribution in [3.63, 3.8) is 0 Å². The van der Waals surface area contributed by atoms with Gasteiger partial charge < -0.3 is 24.4 Å². The Kier molecular flexibility index (Phi) is 14.3. The van der Waals surface area contributed by atoms with Gasteiger partial charge in [-0.3, -0.25) is 4.99 Å². The summed E-state index contributed by atoms with van der Waals surface area (Å²) in [5.74, 6) is 1.96. The van der Waals surface area contributed by atoms with Crippen molar-refractivity contribution in [1.29, 1.82) is 0 Å². The van der Waals surface area contributed by atoms with Crippen LogP contribution >= 0.6 is 24.0 Å². The van der Waals surface area contributed by atoms with Crippen molar-refractivity contribution in [1.82, 2.24) is 10.2 Å². The molecule has 2 atom stereocenters. The normalized spacial score (nSPS) is 17.8. The van der Waals surface area contributed by atoms with Crippen LogP contribution < -0.4 is 5.32 Å². The summed E-state index contributed by atoms with van der Waals surface area (Å²) < 4.78 is 16.6. The van der Waals surface area contributed by atoms with Crippen LogP contribution in [0.15, 0.2) is 35.3 Å². The van der Waals surface area contributed by atoms with Crippen LogP contribution in [0.1, 0.15) is 25.8 Å². The number of hydrogen-bond acceptors (Lipinski definition) is 4. The lowest BCUT2D eigenvalue weighted by Gasteiger charge is -2.22. The second kappa shape index (κ2) is 15.9. The van der Waals surface area contributed by atoms with Crippen LogP contribution in [0.5, 0.6) is 0 Å². The molecular weight excluding hydrogens is 481 g/mol. The van der Waals surface area contributed by atoms with Gasteiger partial charge in [-0.1, -0.05) is 37.3 Å². The van der Waals surface area contributed by atoms with E-state index in [0.29, 0.717) is 38.3 Å². The molecule has 0 amide bonds. The Morgan fingerprint density at radius 2 is 2.03 bits per heavy atom. The Bertz CT molecular complexity index is 559. The monoisotopic (exact) mass is 519 g/mol. The van der Waals surface area contributed by atoms with Gasteiger partial charge in [0.1, 0.15) is 0 Å². The molecule has 2 rings (SSSR count). The highest BCUT2D eigenvalue weighted by atomic mass is 127. The van der Waals surface area contributed by atoms with E-state index in [2.05, 4.69) is 36.2 Å². The van der Waals surface area contributed by atoms with E-state index in [9.17, 15) is 0 Å². The zero-order valence-electron chi connectivity index (χ0n) is 18.1. The first-order valence-electron chi connectivity index (χ1n) is 10.4. The average molecular weight is 519 g/mol. The van der Waals surface area contributed by atoms with Gasteiger partial charge in [0, 0.05) is 39.2 Å². The van der Waals surface area contributed by atoms with Crippen LogP contribution in [0, 0.1) is 11.8 Å². The van der Waals surface area contributed by atoms with Crippen LogP contribution in [0.25, 0.3) is 0 Å². The van der Waals surface area contributed by atoms with Gasteiger partial charge in [0.05, 0.1) is 33.0 Å². The van der Waals surface area contributed by atoms with Crippen molar-refractivity contribution in [2.45, 2.75) is 26.9 Å². The van der Waals surface area contributed by atoms with E-state index in [-0.39, 0.29) is 24.0 Å². The second-order valence-corrected chi connectivity index (χ2v) is 7.47. The Hall–Kier alpha value is -0.900. The fourth-order valence-corrected chi connectivity index (χ4v) is 3.23. The second-order valence-electron chi connectivity index (χ2n) is 7.47. The van der Waals surface area contributed by atoms with E-state index in [4.69, 9.17) is 19.2 Å². The number of rotatable bonds is 12. The molecular formula is C22H38IN3O3. The minimum absolute atomic E-state index is 0. The molecule has 0 aliphatic carbocycles. The molecule has 29 heavy (non-hydrogen) atoms. The first-order chi connectivity index (χ1) is 13.7. The number of aliphatic imine (C=N–C) groups is 1. The molecule has 0 aromatic heterocycles. The van der Waals surface area contributed by atoms with Gasteiger partial charge >= 0.3 is 0 Å². The van der Waals surface area contributed by atoms with Crippen molar-refractivity contribution in [3.8, 4) is 0 Å². The molecule has 0 bridgehead atoms. The fraction of sp³-hybridized carbons (Fsp3) is 0.682. The van der Waals surface area contributed by atoms with Gasteiger partial charge in [-0.15, -0.1) is 24.0 Å². The lowest BCUT2D eigenvalue weighted by atomic mass is 10.1. The third kappa shape index (κ3) is 10.6. The molecule has 1 aliphatic rings. The summed E-state index contributed by atoms with van der Waals surface area (Å²) >= 11 is 0.